The minimum atomic E-state index is -0.423. The van der Waals surface area contributed by atoms with E-state index >= 15 is 0 Å². The summed E-state index contributed by atoms with van der Waals surface area (Å²) in [4.78, 5) is 34.2. The molecule has 170 valence electrons. The molecule has 0 bridgehead atoms. The van der Waals surface area contributed by atoms with Gasteiger partial charge in [0.1, 0.15) is 12.1 Å². The fourth-order valence-electron chi connectivity index (χ4n) is 3.86. The lowest BCUT2D eigenvalue weighted by Gasteiger charge is -2.38. The van der Waals surface area contributed by atoms with E-state index in [2.05, 4.69) is 26.8 Å². The second kappa shape index (κ2) is 11.4. The highest BCUT2D eigenvalue weighted by atomic mass is 127. The van der Waals surface area contributed by atoms with Gasteiger partial charge in [0.25, 0.3) is 11.5 Å². The molecule has 2 aromatic rings. The van der Waals surface area contributed by atoms with Crippen LogP contribution in [0.4, 0.5) is 17.5 Å². The molecule has 0 spiro atoms. The number of fused-ring (bicyclic) bond motifs is 1. The van der Waals surface area contributed by atoms with Crippen molar-refractivity contribution in [3.63, 3.8) is 0 Å². The summed E-state index contributed by atoms with van der Waals surface area (Å²) in [5, 5.41) is 3.18. The van der Waals surface area contributed by atoms with E-state index in [4.69, 9.17) is 5.73 Å². The first-order valence-electron chi connectivity index (χ1n) is 10.9. The van der Waals surface area contributed by atoms with E-state index in [9.17, 15) is 9.59 Å². The van der Waals surface area contributed by atoms with Crippen molar-refractivity contribution in [1.29, 1.82) is 0 Å². The van der Waals surface area contributed by atoms with Crippen LogP contribution in [-0.2, 0) is 6.54 Å². The lowest BCUT2D eigenvalue weighted by molar-refractivity contribution is -0.697. The number of nitrogens with zero attached hydrogens (tertiary/aromatic N) is 3. The van der Waals surface area contributed by atoms with Gasteiger partial charge in [-0.2, -0.15) is 4.98 Å². The molecule has 1 aliphatic rings. The molecule has 2 atom stereocenters. The monoisotopic (exact) mass is 540 g/mol. The SMILES string of the molecule is CCCCCCCC[n+]1cccc(C(=O)N2c3c(nc(N)[nH]c3=O)NC(C)C2C)c1.[I-]. The lowest BCUT2D eigenvalue weighted by Crippen LogP contribution is -3.00. The summed E-state index contributed by atoms with van der Waals surface area (Å²) in [5.41, 5.74) is 6.03. The van der Waals surface area contributed by atoms with Gasteiger partial charge in [0, 0.05) is 18.5 Å². The van der Waals surface area contributed by atoms with Crippen LogP contribution in [0.3, 0.4) is 0 Å². The highest BCUT2D eigenvalue weighted by Crippen LogP contribution is 2.30. The van der Waals surface area contributed by atoms with E-state index in [1.807, 2.05) is 32.3 Å². The second-order valence-corrected chi connectivity index (χ2v) is 8.10. The summed E-state index contributed by atoms with van der Waals surface area (Å²) in [6.45, 7) is 6.96. The van der Waals surface area contributed by atoms with Crippen molar-refractivity contribution < 1.29 is 33.3 Å². The van der Waals surface area contributed by atoms with Crippen LogP contribution < -0.4 is 50.1 Å². The fourth-order valence-corrected chi connectivity index (χ4v) is 3.86. The van der Waals surface area contributed by atoms with Gasteiger partial charge in [-0.15, -0.1) is 0 Å². The molecule has 3 heterocycles. The molecule has 31 heavy (non-hydrogen) atoms. The van der Waals surface area contributed by atoms with Gasteiger partial charge in [-0.05, 0) is 26.3 Å². The number of unbranched alkanes of at least 4 members (excludes halogenated alkanes) is 5. The Kier molecular flexibility index (Phi) is 9.27. The van der Waals surface area contributed by atoms with Crippen LogP contribution in [0.5, 0.6) is 0 Å². The van der Waals surface area contributed by atoms with Gasteiger partial charge in [0.05, 0.1) is 6.04 Å². The normalized spacial score (nSPS) is 17.5. The maximum Gasteiger partial charge on any atom is 0.278 e. The zero-order chi connectivity index (χ0) is 21.7. The van der Waals surface area contributed by atoms with Gasteiger partial charge in [-0.25, -0.2) is 4.57 Å². The molecule has 0 saturated carbocycles. The van der Waals surface area contributed by atoms with Crippen LogP contribution in [0.2, 0.25) is 0 Å². The smallest absolute Gasteiger partial charge is 0.278 e. The van der Waals surface area contributed by atoms with Gasteiger partial charge < -0.3 is 35.0 Å². The molecule has 4 N–H and O–H groups in total. The van der Waals surface area contributed by atoms with E-state index in [0.29, 0.717) is 11.4 Å². The summed E-state index contributed by atoms with van der Waals surface area (Å²) < 4.78 is 2.05. The predicted octanol–water partition coefficient (Wildman–Crippen LogP) is -0.147. The van der Waals surface area contributed by atoms with Crippen LogP contribution in [0.15, 0.2) is 29.3 Å². The van der Waals surface area contributed by atoms with Gasteiger partial charge >= 0.3 is 0 Å². The van der Waals surface area contributed by atoms with E-state index in [0.717, 1.165) is 13.0 Å². The lowest BCUT2D eigenvalue weighted by atomic mass is 10.0. The van der Waals surface area contributed by atoms with Crippen molar-refractivity contribution >= 4 is 23.4 Å². The number of aryl methyl sites for hydroxylation is 1. The first kappa shape index (κ1) is 25.1. The number of H-pyrrole nitrogens is 1. The Morgan fingerprint density at radius 3 is 2.68 bits per heavy atom. The molecule has 9 heteroatoms. The number of nitrogen functional groups attached to an aromatic ring is 1. The number of halogens is 1. The second-order valence-electron chi connectivity index (χ2n) is 8.10. The van der Waals surface area contributed by atoms with Crippen LogP contribution in [0, 0.1) is 0 Å². The Morgan fingerprint density at radius 1 is 1.23 bits per heavy atom. The Balaban J connectivity index is 0.00000341. The zero-order valence-corrected chi connectivity index (χ0v) is 20.7. The first-order valence-corrected chi connectivity index (χ1v) is 10.9. The summed E-state index contributed by atoms with van der Waals surface area (Å²) >= 11 is 0. The average molecular weight is 540 g/mol. The van der Waals surface area contributed by atoms with E-state index < -0.39 is 5.56 Å². The third kappa shape index (κ3) is 5.96. The van der Waals surface area contributed by atoms with Gasteiger partial charge in [0.15, 0.2) is 23.9 Å². The number of nitrogens with one attached hydrogen (secondary N) is 2. The largest absolute Gasteiger partial charge is 1.00 e. The maximum atomic E-state index is 13.4. The van der Waals surface area contributed by atoms with Crippen LogP contribution >= 0.6 is 0 Å². The molecule has 0 radical (unpaired) electrons. The quantitative estimate of drug-likeness (QED) is 0.246. The van der Waals surface area contributed by atoms with Crippen molar-refractivity contribution in [3.05, 3.63) is 40.4 Å². The molecule has 0 aromatic carbocycles. The Labute approximate surface area is 200 Å². The number of hydrogen-bond donors (Lipinski definition) is 3. The summed E-state index contributed by atoms with van der Waals surface area (Å²) in [5.74, 6) is 0.148. The van der Waals surface area contributed by atoms with Crippen molar-refractivity contribution in [2.45, 2.75) is 77.9 Å². The number of hydrogen-bond acceptors (Lipinski definition) is 5. The van der Waals surface area contributed by atoms with Gasteiger partial charge in [-0.1, -0.05) is 32.6 Å². The molecular formula is C22H33IN6O2. The highest BCUT2D eigenvalue weighted by molar-refractivity contribution is 6.08. The number of rotatable bonds is 8. The molecule has 2 unspecified atom stereocenters. The number of pyridine rings is 1. The summed E-state index contributed by atoms with van der Waals surface area (Å²) in [7, 11) is 0. The first-order chi connectivity index (χ1) is 14.4. The molecule has 3 rings (SSSR count). The third-order valence-electron chi connectivity index (χ3n) is 5.74. The van der Waals surface area contributed by atoms with Crippen LogP contribution in [-0.4, -0.2) is 28.0 Å². The molecule has 0 saturated heterocycles. The standard InChI is InChI=1S/C22H32N6O2.HI/c1-4-5-6-7-8-9-12-27-13-10-11-17(14-27)21(30)28-16(3)15(2)24-19-18(28)20(29)26-22(23)25-19;/h10-11,13-16H,4-9,12H2,1-3H3,(H3-,23,24,25,26,29);1H. The topological polar surface area (TPSA) is 108 Å². The molecule has 2 aromatic heterocycles. The fraction of sp³-hybridized carbons (Fsp3) is 0.545. The van der Waals surface area contributed by atoms with E-state index in [1.54, 1.807) is 6.07 Å². The average Bonchev–Trinajstić information content (AvgIpc) is 2.71. The van der Waals surface area contributed by atoms with Crippen molar-refractivity contribution in [1.82, 2.24) is 9.97 Å². The Morgan fingerprint density at radius 2 is 1.94 bits per heavy atom. The summed E-state index contributed by atoms with van der Waals surface area (Å²) in [6.07, 6.45) is 11.2. The van der Waals surface area contributed by atoms with Gasteiger partial charge in [0.2, 0.25) is 5.95 Å². The minimum Gasteiger partial charge on any atom is -1.00 e. The summed E-state index contributed by atoms with van der Waals surface area (Å²) in [6, 6.07) is 3.38. The Hall–Kier alpha value is -2.17. The minimum absolute atomic E-state index is 0. The van der Waals surface area contributed by atoms with E-state index in [1.165, 1.54) is 37.0 Å². The van der Waals surface area contributed by atoms with Crippen molar-refractivity contribution in [2.75, 3.05) is 16.0 Å². The molecule has 1 aliphatic heterocycles. The zero-order valence-electron chi connectivity index (χ0n) is 18.5. The predicted molar refractivity (Wildman–Crippen MR) is 119 cm³/mol. The van der Waals surface area contributed by atoms with E-state index in [-0.39, 0.29) is 53.6 Å². The molecule has 0 fully saturated rings. The Bertz CT molecular complexity index is 948. The van der Waals surface area contributed by atoms with Crippen molar-refractivity contribution in [2.24, 2.45) is 0 Å². The number of aromatic amines is 1. The number of anilines is 3. The van der Waals surface area contributed by atoms with Crippen molar-refractivity contribution in [3.8, 4) is 0 Å². The number of carbonyl (C=O) groups is 1. The van der Waals surface area contributed by atoms with Crippen LogP contribution in [0.25, 0.3) is 0 Å². The van der Waals surface area contributed by atoms with Gasteiger partial charge in [-0.3, -0.25) is 19.5 Å². The molecule has 1 amide bonds. The number of aromatic nitrogens is 3. The van der Waals surface area contributed by atoms with Crippen LogP contribution in [0.1, 0.15) is 69.7 Å². The third-order valence-corrected chi connectivity index (χ3v) is 5.74. The number of amides is 1. The molecule has 8 nitrogen and oxygen atoms in total. The number of nitrogens with two attached hydrogens (primary N) is 1. The number of carbonyl (C=O) groups excluding carboxylic acids is 1. The molecule has 0 aliphatic carbocycles. The highest BCUT2D eigenvalue weighted by Gasteiger charge is 2.37. The molecular weight excluding hydrogens is 507 g/mol. The maximum absolute atomic E-state index is 13.4.